The maximum Gasteiger partial charge on any atom is 0.409 e. The molecule has 0 bridgehead atoms. The number of hydrogen-bond acceptors (Lipinski definition) is 8. The van der Waals surface area contributed by atoms with Crippen molar-refractivity contribution in [3.05, 3.63) is 29.8 Å². The first-order valence-electron chi connectivity index (χ1n) is 8.97. The van der Waals surface area contributed by atoms with Crippen LogP contribution in [0.15, 0.2) is 24.3 Å². The highest BCUT2D eigenvalue weighted by molar-refractivity contribution is 7.85. The van der Waals surface area contributed by atoms with Gasteiger partial charge >= 0.3 is 20.6 Å². The lowest BCUT2D eigenvalue weighted by molar-refractivity contribution is -0.123. The number of amides is 2. The Labute approximate surface area is 170 Å². The third-order valence-corrected chi connectivity index (χ3v) is 5.70. The minimum absolute atomic E-state index is 0.0520. The number of rotatable bonds is 10. The van der Waals surface area contributed by atoms with E-state index in [9.17, 15) is 26.4 Å². The van der Waals surface area contributed by atoms with E-state index < -0.39 is 44.3 Å². The Morgan fingerprint density at radius 1 is 1.03 bits per heavy atom. The molecule has 0 aliphatic heterocycles. The molecule has 1 aromatic rings. The zero-order valence-electron chi connectivity index (χ0n) is 16.2. The van der Waals surface area contributed by atoms with E-state index in [1.807, 2.05) is 4.72 Å². The van der Waals surface area contributed by atoms with Crippen molar-refractivity contribution in [2.45, 2.75) is 46.1 Å². The molecule has 29 heavy (non-hydrogen) atoms. The minimum Gasteiger partial charge on any atom is -0.367 e. The molecule has 1 aliphatic rings. The zero-order valence-corrected chi connectivity index (χ0v) is 17.9. The van der Waals surface area contributed by atoms with Gasteiger partial charge in [0.05, 0.1) is 6.10 Å². The van der Waals surface area contributed by atoms with Gasteiger partial charge in [0.1, 0.15) is 5.75 Å². The number of hydrogen-bond donors (Lipinski definition) is 2. The Kier molecular flexibility index (Phi) is 7.25. The zero-order chi connectivity index (χ0) is 21.8. The largest absolute Gasteiger partial charge is 0.409 e. The van der Waals surface area contributed by atoms with Gasteiger partial charge in [0.25, 0.3) is 0 Å². The van der Waals surface area contributed by atoms with Gasteiger partial charge in [-0.3, -0.25) is 13.8 Å². The van der Waals surface area contributed by atoms with Gasteiger partial charge in [0.2, 0.25) is 11.8 Å². The van der Waals surface area contributed by atoms with Gasteiger partial charge in [-0.25, -0.2) is 9.44 Å². The van der Waals surface area contributed by atoms with E-state index in [2.05, 4.69) is 0 Å². The van der Waals surface area contributed by atoms with Crippen LogP contribution in [0.3, 0.4) is 0 Å². The van der Waals surface area contributed by atoms with Crippen molar-refractivity contribution in [2.75, 3.05) is 0 Å². The predicted molar refractivity (Wildman–Crippen MR) is 103 cm³/mol. The normalized spacial score (nSPS) is 15.6. The number of nitrogens with one attached hydrogen (secondary N) is 2. The third-order valence-electron chi connectivity index (χ3n) is 3.86. The van der Waals surface area contributed by atoms with E-state index in [1.54, 1.807) is 10.8 Å². The molecule has 1 unspecified atom stereocenters. The van der Waals surface area contributed by atoms with Crippen LogP contribution in [0.2, 0.25) is 0 Å². The van der Waals surface area contributed by atoms with Crippen LogP contribution < -0.4 is 13.6 Å². The molecular formula is C17H24N2O8S2. The molecule has 12 heteroatoms. The maximum absolute atomic E-state index is 12.1. The minimum atomic E-state index is -4.34. The van der Waals surface area contributed by atoms with Gasteiger partial charge < -0.3 is 4.18 Å². The van der Waals surface area contributed by atoms with Gasteiger partial charge in [0, 0.05) is 11.8 Å². The van der Waals surface area contributed by atoms with Crippen LogP contribution in [0, 0.1) is 11.8 Å². The number of carbonyl (C=O) groups is 2. The van der Waals surface area contributed by atoms with E-state index in [4.69, 9.17) is 8.37 Å². The predicted octanol–water partition coefficient (Wildman–Crippen LogP) is 0.801. The summed E-state index contributed by atoms with van der Waals surface area (Å²) in [6.07, 6.45) is 1.03. The smallest absolute Gasteiger partial charge is 0.367 e. The van der Waals surface area contributed by atoms with Crippen molar-refractivity contribution < 1.29 is 34.8 Å². The summed E-state index contributed by atoms with van der Waals surface area (Å²) in [7, 11) is -8.49. The first kappa shape index (κ1) is 23.1. The lowest BCUT2D eigenvalue weighted by atomic mass is 10.0. The van der Waals surface area contributed by atoms with Crippen molar-refractivity contribution in [1.82, 2.24) is 9.44 Å². The summed E-state index contributed by atoms with van der Waals surface area (Å²) in [4.78, 5) is 23.7. The monoisotopic (exact) mass is 448 g/mol. The molecule has 1 aromatic carbocycles. The van der Waals surface area contributed by atoms with Crippen LogP contribution in [0.5, 0.6) is 5.75 Å². The first-order valence-corrected chi connectivity index (χ1v) is 11.8. The number of carbonyl (C=O) groups excluding carboxylic acids is 2. The number of benzene rings is 1. The first-order chi connectivity index (χ1) is 13.4. The topological polar surface area (TPSA) is 145 Å². The molecule has 0 aromatic heterocycles. The average molecular weight is 449 g/mol. The lowest BCUT2D eigenvalue weighted by Crippen LogP contribution is -2.37. The molecule has 1 atom stereocenters. The fraction of sp³-hybridized carbons (Fsp3) is 0.529. The van der Waals surface area contributed by atoms with E-state index in [0.29, 0.717) is 18.4 Å². The molecule has 1 aliphatic carbocycles. The van der Waals surface area contributed by atoms with Crippen molar-refractivity contribution in [2.24, 2.45) is 11.8 Å². The third kappa shape index (κ3) is 7.99. The molecule has 2 rings (SSSR count). The molecule has 162 valence electrons. The van der Waals surface area contributed by atoms with Gasteiger partial charge in [0.15, 0.2) is 0 Å². The van der Waals surface area contributed by atoms with Crippen LogP contribution in [0.4, 0.5) is 0 Å². The molecule has 0 heterocycles. The Morgan fingerprint density at radius 2 is 1.66 bits per heavy atom. The van der Waals surface area contributed by atoms with E-state index in [-0.39, 0.29) is 18.3 Å². The fourth-order valence-electron chi connectivity index (χ4n) is 2.15. The fourth-order valence-corrected chi connectivity index (χ4v) is 4.08. The van der Waals surface area contributed by atoms with Gasteiger partial charge in [-0.2, -0.15) is 16.8 Å². The Morgan fingerprint density at radius 3 is 2.24 bits per heavy atom. The summed E-state index contributed by atoms with van der Waals surface area (Å²) in [6.45, 7) is 4.59. The summed E-state index contributed by atoms with van der Waals surface area (Å²) >= 11 is 0. The Hall–Kier alpha value is -2.18. The second-order valence-electron chi connectivity index (χ2n) is 7.13. The standard InChI is InChI=1S/C17H24N2O8S2/c1-11(2)16(20)18-28(22,23)27-15-6-4-5-13(10-15)9-12(3)17(21)19-29(24,25)26-14-7-8-14/h4-6,10-12,14H,7-9H2,1-3H3,(H,18,20)(H,19,21). The van der Waals surface area contributed by atoms with Crippen molar-refractivity contribution in [3.63, 3.8) is 0 Å². The van der Waals surface area contributed by atoms with Crippen molar-refractivity contribution in [3.8, 4) is 5.75 Å². The molecule has 0 radical (unpaired) electrons. The van der Waals surface area contributed by atoms with Crippen molar-refractivity contribution in [1.29, 1.82) is 0 Å². The van der Waals surface area contributed by atoms with Crippen LogP contribution in [-0.2, 0) is 40.8 Å². The Bertz CT molecular complexity index is 969. The van der Waals surface area contributed by atoms with Gasteiger partial charge in [-0.05, 0) is 37.0 Å². The van der Waals surface area contributed by atoms with E-state index in [1.165, 1.54) is 39.0 Å². The van der Waals surface area contributed by atoms with Gasteiger partial charge in [-0.1, -0.05) is 32.9 Å². The molecule has 1 saturated carbocycles. The lowest BCUT2D eigenvalue weighted by Gasteiger charge is -2.13. The highest BCUT2D eigenvalue weighted by atomic mass is 32.2. The summed E-state index contributed by atoms with van der Waals surface area (Å²) in [5.41, 5.74) is 0.538. The molecule has 1 fully saturated rings. The second kappa shape index (κ2) is 9.09. The molecule has 0 saturated heterocycles. The Balaban J connectivity index is 1.97. The highest BCUT2D eigenvalue weighted by Crippen LogP contribution is 2.25. The SMILES string of the molecule is CC(C)C(=O)NS(=O)(=O)Oc1cccc(CC(C)C(=O)NS(=O)(=O)OC2CC2)c1. The van der Waals surface area contributed by atoms with Crippen LogP contribution in [0.1, 0.15) is 39.2 Å². The second-order valence-corrected chi connectivity index (χ2v) is 9.71. The van der Waals surface area contributed by atoms with Crippen LogP contribution in [0.25, 0.3) is 0 Å². The summed E-state index contributed by atoms with van der Waals surface area (Å²) in [5.74, 6) is -2.78. The maximum atomic E-state index is 12.1. The molecule has 2 N–H and O–H groups in total. The summed E-state index contributed by atoms with van der Waals surface area (Å²) < 4.78 is 60.5. The summed E-state index contributed by atoms with van der Waals surface area (Å²) in [6, 6.07) is 5.91. The average Bonchev–Trinajstić information content (AvgIpc) is 3.36. The quantitative estimate of drug-likeness (QED) is 0.535. The summed E-state index contributed by atoms with van der Waals surface area (Å²) in [5, 5.41) is 0. The van der Waals surface area contributed by atoms with E-state index in [0.717, 1.165) is 0 Å². The molecule has 0 spiro atoms. The highest BCUT2D eigenvalue weighted by Gasteiger charge is 2.31. The van der Waals surface area contributed by atoms with Crippen molar-refractivity contribution >= 4 is 32.4 Å². The van der Waals surface area contributed by atoms with Crippen LogP contribution in [-0.4, -0.2) is 34.8 Å². The van der Waals surface area contributed by atoms with Crippen LogP contribution >= 0.6 is 0 Å². The molecule has 2 amide bonds. The molecular weight excluding hydrogens is 424 g/mol. The van der Waals surface area contributed by atoms with E-state index >= 15 is 0 Å². The van der Waals surface area contributed by atoms with Gasteiger partial charge in [-0.15, -0.1) is 0 Å². The molecule has 10 nitrogen and oxygen atoms in total.